The Morgan fingerprint density at radius 3 is 2.90 bits per heavy atom. The van der Waals surface area contributed by atoms with E-state index in [1.807, 2.05) is 0 Å². The molecule has 5 rings (SSSR count). The Balaban J connectivity index is 1.25. The Kier molecular flexibility index (Phi) is 7.96. The number of nitrogen functional groups attached to an aromatic ring is 1. The van der Waals surface area contributed by atoms with Crippen molar-refractivity contribution in [2.45, 2.75) is 54.9 Å². The molecule has 2 amide bonds. The van der Waals surface area contributed by atoms with Gasteiger partial charge in [0.25, 0.3) is 5.91 Å². The van der Waals surface area contributed by atoms with Crippen molar-refractivity contribution >= 4 is 63.5 Å². The highest BCUT2D eigenvalue weighted by Gasteiger charge is 2.57. The Labute approximate surface area is 235 Å². The van der Waals surface area contributed by atoms with Gasteiger partial charge >= 0.3 is 5.97 Å². The first kappa shape index (κ1) is 27.2. The average Bonchev–Trinajstić information content (AvgIpc) is 3.69. The smallest absolute Gasteiger partial charge is 0.313 e. The molecule has 206 valence electrons. The number of aliphatic carboxylic acids is 1. The highest BCUT2D eigenvalue weighted by molar-refractivity contribution is 8.00. The number of oxime groups is 1. The number of carboxylic acid groups (broad SMARTS) is 1. The number of nitrogens with one attached hydrogen (secondary N) is 1. The monoisotopic (exact) mass is 591 g/mol. The van der Waals surface area contributed by atoms with Gasteiger partial charge < -0.3 is 25.9 Å². The van der Waals surface area contributed by atoms with E-state index >= 15 is 0 Å². The lowest BCUT2D eigenvalue weighted by Crippen LogP contribution is -2.74. The van der Waals surface area contributed by atoms with Gasteiger partial charge in [0.15, 0.2) is 10.8 Å². The van der Waals surface area contributed by atoms with Crippen LogP contribution in [-0.2, 0) is 25.8 Å². The molecule has 4 heterocycles. The van der Waals surface area contributed by atoms with E-state index in [2.05, 4.69) is 36.9 Å². The molecule has 2 unspecified atom stereocenters. The fourth-order valence-corrected chi connectivity index (χ4v) is 7.81. The molecule has 3 fully saturated rings. The number of thiazole rings is 1. The Bertz CT molecular complexity index is 1330. The number of aromatic nitrogens is 5. The molecular formula is C22H25N9O5S3. The number of carbonyl (C=O) groups is 3. The summed E-state index contributed by atoms with van der Waals surface area (Å²) < 4.78 is 1.41. The number of nitrogens with zero attached hydrogens (tertiary/aromatic N) is 7. The normalized spacial score (nSPS) is 25.1. The van der Waals surface area contributed by atoms with Crippen molar-refractivity contribution < 1.29 is 24.3 Å². The van der Waals surface area contributed by atoms with Crippen molar-refractivity contribution in [1.82, 2.24) is 35.4 Å². The highest BCUT2D eigenvalue weighted by atomic mass is 32.2. The predicted molar refractivity (Wildman–Crippen MR) is 144 cm³/mol. The van der Waals surface area contributed by atoms with Crippen LogP contribution in [0.1, 0.15) is 31.4 Å². The summed E-state index contributed by atoms with van der Waals surface area (Å²) in [6.07, 6.45) is 9.05. The number of amides is 2. The van der Waals surface area contributed by atoms with Crippen LogP contribution < -0.4 is 11.1 Å². The Morgan fingerprint density at radius 2 is 2.21 bits per heavy atom. The maximum atomic E-state index is 13.2. The summed E-state index contributed by atoms with van der Waals surface area (Å²) in [5.74, 6) is 0.788. The third-order valence-electron chi connectivity index (χ3n) is 6.68. The van der Waals surface area contributed by atoms with E-state index in [0.29, 0.717) is 5.16 Å². The van der Waals surface area contributed by atoms with Gasteiger partial charge in [-0.3, -0.25) is 14.4 Å². The maximum absolute atomic E-state index is 13.2. The average molecular weight is 592 g/mol. The lowest BCUT2D eigenvalue weighted by molar-refractivity contribution is -0.157. The first-order valence-electron chi connectivity index (χ1n) is 12.1. The van der Waals surface area contributed by atoms with Crippen LogP contribution in [0.15, 0.2) is 15.7 Å². The third kappa shape index (κ3) is 5.54. The topological polar surface area (TPSA) is 191 Å². The minimum absolute atomic E-state index is 0.0106. The van der Waals surface area contributed by atoms with Crippen molar-refractivity contribution in [3.05, 3.63) is 11.1 Å². The molecule has 2 aliphatic heterocycles. The second-order valence-electron chi connectivity index (χ2n) is 9.34. The predicted octanol–water partition coefficient (Wildman–Crippen LogP) is 0.272. The molecule has 0 radical (unpaired) electrons. The molecule has 2 aromatic heterocycles. The fourth-order valence-electron chi connectivity index (χ4n) is 4.53. The molecule has 3 atom stereocenters. The van der Waals surface area contributed by atoms with Crippen LogP contribution in [0.25, 0.3) is 0 Å². The second kappa shape index (κ2) is 11.4. The lowest BCUT2D eigenvalue weighted by Gasteiger charge is -2.53. The molecular weight excluding hydrogens is 567 g/mol. The number of tetrazole rings is 1. The zero-order chi connectivity index (χ0) is 27.6. The van der Waals surface area contributed by atoms with E-state index in [0.717, 1.165) is 25.7 Å². The molecule has 4 N–H and O–H groups in total. The Hall–Kier alpha value is -3.36. The van der Waals surface area contributed by atoms with Crippen molar-refractivity contribution in [2.75, 3.05) is 23.8 Å². The fraction of sp³-hybridized carbons (Fsp3) is 0.545. The van der Waals surface area contributed by atoms with Gasteiger partial charge in [-0.25, -0.2) is 9.67 Å². The van der Waals surface area contributed by atoms with Crippen LogP contribution >= 0.6 is 34.9 Å². The van der Waals surface area contributed by atoms with Crippen LogP contribution in [0, 0.1) is 17.8 Å². The summed E-state index contributed by atoms with van der Waals surface area (Å²) in [7, 11) is 0. The number of nitrogens with two attached hydrogens (primary N) is 1. The van der Waals surface area contributed by atoms with Crippen molar-refractivity contribution in [2.24, 2.45) is 10.6 Å². The molecule has 14 nitrogen and oxygen atoms in total. The number of hydrogen-bond donors (Lipinski definition) is 3. The van der Waals surface area contributed by atoms with Crippen LogP contribution in [-0.4, -0.2) is 94.3 Å². The second-order valence-corrected chi connectivity index (χ2v) is 12.3. The van der Waals surface area contributed by atoms with Gasteiger partial charge in [0.2, 0.25) is 11.1 Å². The van der Waals surface area contributed by atoms with Gasteiger partial charge in [-0.2, -0.15) is 0 Å². The standard InChI is InChI=1S/C22H25N9O5S3/c1-2-7-31-21(26-28-29-31)39-11-22(19(34)35)9-30-17(33)15(18(30)38-10-22)25-16(32)14(13-8-37-20(23)24-13)27-36-12-5-3-4-6-12/h1,8,12,15,18H,3-7,9-11H2,(H2,23,24)(H,25,32)(H,34,35)/t15?,18-,22?/m1/s1. The summed E-state index contributed by atoms with van der Waals surface area (Å²) in [4.78, 5) is 49.9. The number of rotatable bonds is 10. The van der Waals surface area contributed by atoms with Crippen LogP contribution in [0.4, 0.5) is 5.13 Å². The minimum atomic E-state index is -1.23. The molecule has 0 spiro atoms. The van der Waals surface area contributed by atoms with Gasteiger partial charge in [-0.15, -0.1) is 34.6 Å². The van der Waals surface area contributed by atoms with Gasteiger partial charge in [0.1, 0.15) is 35.2 Å². The van der Waals surface area contributed by atoms with Crippen LogP contribution in [0.3, 0.4) is 0 Å². The molecule has 0 aromatic carbocycles. The SMILES string of the molecule is C#CCn1nnnc1SCC1(C(=O)O)CS[C@@H]2C(NC(=O)C(=NOC3CCCC3)c3csc(N)n3)C(=O)N2C1. The quantitative estimate of drug-likeness (QED) is 0.113. The zero-order valence-electron chi connectivity index (χ0n) is 20.6. The summed E-state index contributed by atoms with van der Waals surface area (Å²) in [6, 6.07) is -0.836. The summed E-state index contributed by atoms with van der Waals surface area (Å²) in [5, 5.41) is 30.1. The van der Waals surface area contributed by atoms with E-state index in [1.54, 1.807) is 5.38 Å². The highest BCUT2D eigenvalue weighted by Crippen LogP contribution is 2.44. The number of thioether (sulfide) groups is 2. The van der Waals surface area contributed by atoms with Gasteiger partial charge in [-0.1, -0.05) is 22.8 Å². The third-order valence-corrected chi connectivity index (χ3v) is 10.2. The molecule has 1 aliphatic carbocycles. The Morgan fingerprint density at radius 1 is 1.41 bits per heavy atom. The molecule has 17 heteroatoms. The van der Waals surface area contributed by atoms with Gasteiger partial charge in [-0.05, 0) is 36.1 Å². The van der Waals surface area contributed by atoms with Crippen LogP contribution in [0.5, 0.6) is 0 Å². The number of terminal acetylenes is 1. The number of β-lactam (4-membered cyclic amide) rings is 1. The number of hydrogen-bond acceptors (Lipinski definition) is 13. The van der Waals surface area contributed by atoms with E-state index in [1.165, 1.54) is 44.4 Å². The first-order chi connectivity index (χ1) is 18.8. The minimum Gasteiger partial charge on any atom is -0.481 e. The summed E-state index contributed by atoms with van der Waals surface area (Å²) >= 11 is 3.64. The number of fused-ring (bicyclic) bond motifs is 1. The molecule has 2 saturated heterocycles. The number of carbonyl (C=O) groups excluding carboxylic acids is 2. The first-order valence-corrected chi connectivity index (χ1v) is 15.0. The largest absolute Gasteiger partial charge is 0.481 e. The number of carboxylic acids is 1. The molecule has 3 aliphatic rings. The maximum Gasteiger partial charge on any atom is 0.313 e. The van der Waals surface area contributed by atoms with E-state index in [9.17, 15) is 19.5 Å². The zero-order valence-corrected chi connectivity index (χ0v) is 23.0. The number of anilines is 1. The van der Waals surface area contributed by atoms with Gasteiger partial charge in [0, 0.05) is 23.4 Å². The van der Waals surface area contributed by atoms with E-state index in [4.69, 9.17) is 17.0 Å². The van der Waals surface area contributed by atoms with Crippen molar-refractivity contribution in [3.63, 3.8) is 0 Å². The van der Waals surface area contributed by atoms with Crippen LogP contribution in [0.2, 0.25) is 0 Å². The molecule has 0 bridgehead atoms. The van der Waals surface area contributed by atoms with E-state index < -0.39 is 28.7 Å². The van der Waals surface area contributed by atoms with Gasteiger partial charge in [0.05, 0.1) is 0 Å². The molecule has 39 heavy (non-hydrogen) atoms. The lowest BCUT2D eigenvalue weighted by atomic mass is 9.89. The molecule has 2 aromatic rings. The van der Waals surface area contributed by atoms with E-state index in [-0.39, 0.29) is 53.1 Å². The van der Waals surface area contributed by atoms with Crippen molar-refractivity contribution in [1.29, 1.82) is 0 Å². The molecule has 1 saturated carbocycles. The summed E-state index contributed by atoms with van der Waals surface area (Å²) in [6.45, 7) is 0.145. The van der Waals surface area contributed by atoms with Crippen molar-refractivity contribution in [3.8, 4) is 12.3 Å². The summed E-state index contributed by atoms with van der Waals surface area (Å²) in [5.41, 5.74) is 4.74.